The van der Waals surface area contributed by atoms with E-state index in [4.69, 9.17) is 4.74 Å². The summed E-state index contributed by atoms with van der Waals surface area (Å²) in [5.41, 5.74) is 3.31. The number of carbonyl (C=O) groups is 2. The van der Waals surface area contributed by atoms with Crippen LogP contribution in [0, 0.1) is 0 Å². The van der Waals surface area contributed by atoms with Gasteiger partial charge in [0.05, 0.1) is 12.2 Å². The van der Waals surface area contributed by atoms with Gasteiger partial charge in [0.2, 0.25) is 0 Å². The SMILES string of the molecule is O=C([O-])COc1ccccc1C=NNC(=O)c1ccncc1. The number of carboxylic acids is 1. The second-order valence-electron chi connectivity index (χ2n) is 4.13. The van der Waals surface area contributed by atoms with Crippen molar-refractivity contribution in [3.05, 3.63) is 59.9 Å². The standard InChI is InChI=1S/C15H13N3O4/c19-14(20)10-22-13-4-2-1-3-12(13)9-17-18-15(21)11-5-7-16-8-6-11/h1-9H,10H2,(H,18,21)(H,19,20)/p-1. The number of carbonyl (C=O) groups excluding carboxylic acids is 2. The Bertz CT molecular complexity index is 686. The van der Waals surface area contributed by atoms with Gasteiger partial charge in [0.25, 0.3) is 5.91 Å². The van der Waals surface area contributed by atoms with Crippen molar-refractivity contribution in [2.45, 2.75) is 0 Å². The Labute approximate surface area is 126 Å². The van der Waals surface area contributed by atoms with Crippen molar-refractivity contribution in [3.8, 4) is 5.75 Å². The zero-order valence-corrected chi connectivity index (χ0v) is 11.4. The number of pyridine rings is 1. The van der Waals surface area contributed by atoms with Gasteiger partial charge in [-0.15, -0.1) is 0 Å². The molecule has 0 aliphatic rings. The number of carboxylic acid groups (broad SMARTS) is 1. The molecule has 7 heteroatoms. The van der Waals surface area contributed by atoms with Gasteiger partial charge in [0.1, 0.15) is 12.4 Å². The van der Waals surface area contributed by atoms with Crippen molar-refractivity contribution in [3.63, 3.8) is 0 Å². The van der Waals surface area contributed by atoms with Crippen LogP contribution in [0.1, 0.15) is 15.9 Å². The third-order valence-corrected chi connectivity index (χ3v) is 2.58. The lowest BCUT2D eigenvalue weighted by Crippen LogP contribution is -2.29. The Morgan fingerprint density at radius 2 is 1.95 bits per heavy atom. The number of rotatable bonds is 6. The monoisotopic (exact) mass is 298 g/mol. The van der Waals surface area contributed by atoms with Gasteiger partial charge in [0, 0.05) is 23.5 Å². The molecule has 0 bridgehead atoms. The average Bonchev–Trinajstić information content (AvgIpc) is 2.54. The van der Waals surface area contributed by atoms with Crippen LogP contribution in [0.25, 0.3) is 0 Å². The van der Waals surface area contributed by atoms with E-state index >= 15 is 0 Å². The number of para-hydroxylation sites is 1. The molecule has 1 aromatic carbocycles. The highest BCUT2D eigenvalue weighted by Crippen LogP contribution is 2.15. The lowest BCUT2D eigenvalue weighted by molar-refractivity contribution is -0.307. The molecule has 1 heterocycles. The third kappa shape index (κ3) is 4.41. The molecular formula is C15H12N3O4-. The van der Waals surface area contributed by atoms with E-state index in [2.05, 4.69) is 15.5 Å². The molecule has 1 N–H and O–H groups in total. The highest BCUT2D eigenvalue weighted by Gasteiger charge is 2.03. The first kappa shape index (κ1) is 15.2. The zero-order chi connectivity index (χ0) is 15.8. The highest BCUT2D eigenvalue weighted by atomic mass is 16.5. The van der Waals surface area contributed by atoms with Crippen molar-refractivity contribution in [2.24, 2.45) is 5.10 Å². The van der Waals surface area contributed by atoms with Crippen LogP contribution >= 0.6 is 0 Å². The summed E-state index contributed by atoms with van der Waals surface area (Å²) in [5.74, 6) is -1.38. The molecule has 0 aliphatic heterocycles. The van der Waals surface area contributed by atoms with E-state index in [1.54, 1.807) is 36.4 Å². The molecule has 1 aromatic heterocycles. The summed E-state index contributed by atoms with van der Waals surface area (Å²) in [6, 6.07) is 9.81. The molecule has 0 fully saturated rings. The third-order valence-electron chi connectivity index (χ3n) is 2.58. The maximum Gasteiger partial charge on any atom is 0.271 e. The van der Waals surface area contributed by atoms with Crippen molar-refractivity contribution >= 4 is 18.1 Å². The highest BCUT2D eigenvalue weighted by molar-refractivity contribution is 5.94. The second-order valence-corrected chi connectivity index (χ2v) is 4.13. The van der Waals surface area contributed by atoms with Crippen molar-refractivity contribution in [1.82, 2.24) is 10.4 Å². The fourth-order valence-electron chi connectivity index (χ4n) is 1.58. The Morgan fingerprint density at radius 1 is 1.23 bits per heavy atom. The fourth-order valence-corrected chi connectivity index (χ4v) is 1.58. The van der Waals surface area contributed by atoms with Crippen molar-refractivity contribution in [2.75, 3.05) is 6.61 Å². The van der Waals surface area contributed by atoms with Crippen LogP contribution in [0.3, 0.4) is 0 Å². The normalized spacial score (nSPS) is 10.4. The Hall–Kier alpha value is -3.22. The van der Waals surface area contributed by atoms with E-state index in [0.717, 1.165) is 0 Å². The van der Waals surface area contributed by atoms with E-state index in [-0.39, 0.29) is 5.91 Å². The smallest absolute Gasteiger partial charge is 0.271 e. The minimum Gasteiger partial charge on any atom is -0.546 e. The van der Waals surface area contributed by atoms with E-state index in [1.807, 2.05) is 0 Å². The first-order chi connectivity index (χ1) is 10.7. The molecule has 0 spiro atoms. The van der Waals surface area contributed by atoms with E-state index in [9.17, 15) is 14.7 Å². The number of nitrogens with one attached hydrogen (secondary N) is 1. The molecule has 7 nitrogen and oxygen atoms in total. The molecule has 2 aromatic rings. The van der Waals surface area contributed by atoms with Gasteiger partial charge in [-0.25, -0.2) is 5.43 Å². The largest absolute Gasteiger partial charge is 0.546 e. The molecular weight excluding hydrogens is 286 g/mol. The Kier molecular flexibility index (Phi) is 5.20. The number of hydrogen-bond acceptors (Lipinski definition) is 6. The Morgan fingerprint density at radius 3 is 2.68 bits per heavy atom. The van der Waals surface area contributed by atoms with Crippen LogP contribution in [-0.2, 0) is 4.79 Å². The van der Waals surface area contributed by atoms with E-state index < -0.39 is 12.6 Å². The molecule has 0 radical (unpaired) electrons. The van der Waals surface area contributed by atoms with Gasteiger partial charge < -0.3 is 14.6 Å². The molecule has 0 unspecified atom stereocenters. The van der Waals surface area contributed by atoms with Crippen LogP contribution in [0.15, 0.2) is 53.9 Å². The predicted octanol–water partition coefficient (Wildman–Crippen LogP) is -0.0258. The summed E-state index contributed by atoms with van der Waals surface area (Å²) in [6.07, 6.45) is 4.37. The molecule has 0 saturated heterocycles. The molecule has 2 rings (SSSR count). The average molecular weight is 298 g/mol. The number of benzene rings is 1. The summed E-state index contributed by atoms with van der Waals surface area (Å²) in [7, 11) is 0. The number of aromatic nitrogens is 1. The number of hydrogen-bond donors (Lipinski definition) is 1. The summed E-state index contributed by atoms with van der Waals surface area (Å²) >= 11 is 0. The maximum atomic E-state index is 11.8. The lowest BCUT2D eigenvalue weighted by atomic mass is 10.2. The molecule has 22 heavy (non-hydrogen) atoms. The molecule has 0 atom stereocenters. The quantitative estimate of drug-likeness (QED) is 0.596. The zero-order valence-electron chi connectivity index (χ0n) is 11.4. The predicted molar refractivity (Wildman–Crippen MR) is 76.2 cm³/mol. The van der Waals surface area contributed by atoms with E-state index in [0.29, 0.717) is 16.9 Å². The number of nitrogens with zero attached hydrogens (tertiary/aromatic N) is 2. The molecule has 0 saturated carbocycles. The first-order valence-electron chi connectivity index (χ1n) is 6.32. The number of aliphatic carboxylic acids is 1. The first-order valence-corrected chi connectivity index (χ1v) is 6.32. The topological polar surface area (TPSA) is 104 Å². The van der Waals surface area contributed by atoms with Crippen molar-refractivity contribution in [1.29, 1.82) is 0 Å². The van der Waals surface area contributed by atoms with Crippen LogP contribution < -0.4 is 15.3 Å². The summed E-state index contributed by atoms with van der Waals surface area (Å²) in [6.45, 7) is -0.561. The van der Waals surface area contributed by atoms with Crippen molar-refractivity contribution < 1.29 is 19.4 Å². The summed E-state index contributed by atoms with van der Waals surface area (Å²) < 4.78 is 5.07. The molecule has 0 aliphatic carbocycles. The summed E-state index contributed by atoms with van der Waals surface area (Å²) in [5, 5.41) is 14.2. The van der Waals surface area contributed by atoms with Crippen LogP contribution in [0.4, 0.5) is 0 Å². The number of hydrazone groups is 1. The summed E-state index contributed by atoms with van der Waals surface area (Å²) in [4.78, 5) is 26.0. The number of amides is 1. The van der Waals surface area contributed by atoms with Gasteiger partial charge >= 0.3 is 0 Å². The Balaban J connectivity index is 2.01. The maximum absolute atomic E-state index is 11.8. The molecule has 1 amide bonds. The van der Waals surface area contributed by atoms with Gasteiger partial charge in [-0.3, -0.25) is 9.78 Å². The van der Waals surface area contributed by atoms with Gasteiger partial charge in [-0.2, -0.15) is 5.10 Å². The minimum absolute atomic E-state index is 0.327. The minimum atomic E-state index is -1.32. The van der Waals surface area contributed by atoms with Gasteiger partial charge in [0.15, 0.2) is 0 Å². The van der Waals surface area contributed by atoms with Crippen LogP contribution in [-0.4, -0.2) is 29.7 Å². The number of ether oxygens (including phenoxy) is 1. The lowest BCUT2D eigenvalue weighted by Gasteiger charge is -2.08. The fraction of sp³-hybridized carbons (Fsp3) is 0.0667. The van der Waals surface area contributed by atoms with E-state index in [1.165, 1.54) is 18.6 Å². The van der Waals surface area contributed by atoms with Gasteiger partial charge in [-0.05, 0) is 24.3 Å². The second kappa shape index (κ2) is 7.53. The van der Waals surface area contributed by atoms with Crippen LogP contribution in [0.5, 0.6) is 5.75 Å². The van der Waals surface area contributed by atoms with Gasteiger partial charge in [-0.1, -0.05) is 12.1 Å². The molecule has 112 valence electrons. The van der Waals surface area contributed by atoms with Crippen LogP contribution in [0.2, 0.25) is 0 Å².